The number of carbonyl (C=O) groups is 5. The summed E-state index contributed by atoms with van der Waals surface area (Å²) >= 11 is 0. The number of pyridine rings is 1. The lowest BCUT2D eigenvalue weighted by atomic mass is 9.85. The van der Waals surface area contributed by atoms with Crippen molar-refractivity contribution >= 4 is 67.8 Å². The summed E-state index contributed by atoms with van der Waals surface area (Å²) in [5.41, 5.74) is 7.00. The van der Waals surface area contributed by atoms with Gasteiger partial charge in [0.1, 0.15) is 70.2 Å². The summed E-state index contributed by atoms with van der Waals surface area (Å²) in [5, 5.41) is 17.8. The Kier molecular flexibility index (Phi) is 21.0. The van der Waals surface area contributed by atoms with Crippen LogP contribution in [0, 0.1) is 22.9 Å². The molecule has 21 nitrogen and oxygen atoms in total. The number of likely N-dealkylation sites (tertiary alicyclic amines) is 1. The van der Waals surface area contributed by atoms with Gasteiger partial charge < -0.3 is 36.1 Å². The molecule has 1 unspecified atom stereocenters. The Balaban J connectivity index is 0.935. The number of carbonyl (C=O) groups excluding carboxylic acids is 5. The predicted octanol–water partition coefficient (Wildman–Crippen LogP) is 9.84. The molecule has 470 valence electrons. The molecule has 0 bridgehead atoms. The minimum Gasteiger partial charge on any atom is -0.484 e. The number of benzene rings is 3. The molecule has 27 heteroatoms. The topological polar surface area (TPSA) is 267 Å². The second kappa shape index (κ2) is 27.6. The number of unbranched alkanes of at least 4 members (excludes halogenated alkanes) is 5. The Bertz CT molecular complexity index is 3570. The summed E-state index contributed by atoms with van der Waals surface area (Å²) in [6, 6.07) is 8.35. The number of likely N-dealkylation sites (N-methyl/N-ethyl adjacent to an activating group) is 1. The summed E-state index contributed by atoms with van der Waals surface area (Å²) in [7, 11) is -2.00. The Morgan fingerprint density at radius 2 is 1.53 bits per heavy atom. The van der Waals surface area contributed by atoms with E-state index in [0.29, 0.717) is 46.3 Å². The lowest BCUT2D eigenvalue weighted by molar-refractivity contribution is -0.143. The summed E-state index contributed by atoms with van der Waals surface area (Å²) in [4.78, 5) is 75.1. The molecule has 0 spiro atoms. The van der Waals surface area contributed by atoms with E-state index in [1.165, 1.54) is 61.3 Å². The van der Waals surface area contributed by atoms with Gasteiger partial charge in [0.05, 0.1) is 22.8 Å². The first-order valence-corrected chi connectivity index (χ1v) is 30.0. The highest BCUT2D eigenvalue weighted by Crippen LogP contribution is 2.41. The Morgan fingerprint density at radius 3 is 2.17 bits per heavy atom. The van der Waals surface area contributed by atoms with Gasteiger partial charge in [0.25, 0.3) is 10.0 Å². The van der Waals surface area contributed by atoms with Crippen molar-refractivity contribution in [1.82, 2.24) is 45.0 Å². The second-order valence-corrected chi connectivity index (χ2v) is 25.4. The van der Waals surface area contributed by atoms with Gasteiger partial charge >= 0.3 is 11.9 Å². The fourth-order valence-corrected chi connectivity index (χ4v) is 10.5. The highest BCUT2D eigenvalue weighted by molar-refractivity contribution is 7.93. The van der Waals surface area contributed by atoms with Crippen LogP contribution in [0.25, 0.3) is 33.3 Å². The van der Waals surface area contributed by atoms with Crippen LogP contribution in [0.3, 0.4) is 0 Å². The zero-order valence-corrected chi connectivity index (χ0v) is 51.0. The number of sulfonamides is 1. The molecule has 3 aromatic heterocycles. The molecule has 0 saturated carbocycles. The van der Waals surface area contributed by atoms with Crippen LogP contribution in [0.4, 0.5) is 43.9 Å². The number of hydrogen-bond donors (Lipinski definition) is 5. The molecule has 6 N–H and O–H groups in total. The van der Waals surface area contributed by atoms with Crippen molar-refractivity contribution in [3.8, 4) is 28.1 Å². The van der Waals surface area contributed by atoms with Gasteiger partial charge in [-0.05, 0) is 101 Å². The fraction of sp³-hybridized carbons (Fsp3) is 0.467. The van der Waals surface area contributed by atoms with E-state index in [-0.39, 0.29) is 42.5 Å². The molecule has 5 amide bonds. The van der Waals surface area contributed by atoms with Crippen LogP contribution < -0.4 is 31.1 Å². The van der Waals surface area contributed by atoms with Gasteiger partial charge in [0, 0.05) is 68.7 Å². The van der Waals surface area contributed by atoms with Gasteiger partial charge in [-0.2, -0.15) is 19.0 Å². The van der Waals surface area contributed by atoms with Gasteiger partial charge in [-0.3, -0.25) is 38.2 Å². The van der Waals surface area contributed by atoms with Crippen molar-refractivity contribution in [2.24, 2.45) is 12.5 Å². The lowest BCUT2D eigenvalue weighted by Crippen LogP contribution is -2.60. The van der Waals surface area contributed by atoms with Crippen molar-refractivity contribution in [2.45, 2.75) is 155 Å². The standard InChI is InChI=1S/C60H75F5N12O9S/c1-34(74(9)58(82)86-60(6,7)8)54(79)71-52(59(3,4)5)56(81)77-33-40(29-45(77)55(80)70-50-42(62)18-17-19-43(50)63)69-47(78)20-15-13-11-12-14-16-27-76-32-38(30-68-76)41-31-67-53(66)48-49(72-75(10)51(41)48)37-23-26-44(73-87(83,84)57(64)65)46(28-37)85-35(2)36-21-24-39(61)25-22-36/h17-19,21-26,28,30-32,34-35,40,45,52,57,73H,11-16,20,27,29,33H2,1-10H3,(H2,66,67)(H,69,78)(H,70,80)(H,71,79)/t34-,35-,40?,45-,52+/m0/s1. The van der Waals surface area contributed by atoms with Crippen LogP contribution in [0.15, 0.2) is 79.3 Å². The van der Waals surface area contributed by atoms with Gasteiger partial charge in [-0.25, -0.2) is 31.4 Å². The third-order valence-electron chi connectivity index (χ3n) is 14.8. The van der Waals surface area contributed by atoms with Gasteiger partial charge in [0.15, 0.2) is 0 Å². The van der Waals surface area contributed by atoms with Crippen LogP contribution >= 0.6 is 0 Å². The number of nitrogen functional groups attached to an aromatic ring is 1. The van der Waals surface area contributed by atoms with Crippen LogP contribution in [-0.4, -0.2) is 122 Å². The molecule has 7 rings (SSSR count). The highest BCUT2D eigenvalue weighted by Gasteiger charge is 2.46. The van der Waals surface area contributed by atoms with E-state index in [1.54, 1.807) is 72.6 Å². The molecule has 4 heterocycles. The molecule has 1 fully saturated rings. The number of alkyl halides is 2. The lowest BCUT2D eigenvalue weighted by Gasteiger charge is -2.36. The minimum absolute atomic E-state index is 0.0909. The van der Waals surface area contributed by atoms with Crippen molar-refractivity contribution < 1.29 is 63.8 Å². The zero-order valence-electron chi connectivity index (χ0n) is 50.2. The van der Waals surface area contributed by atoms with Gasteiger partial charge in [-0.1, -0.05) is 70.7 Å². The number of hydrogen-bond acceptors (Lipinski definition) is 13. The van der Waals surface area contributed by atoms with E-state index < -0.39 is 104 Å². The first kappa shape index (κ1) is 66.2. The zero-order chi connectivity index (χ0) is 63.9. The van der Waals surface area contributed by atoms with Crippen molar-refractivity contribution in [2.75, 3.05) is 29.4 Å². The second-order valence-electron chi connectivity index (χ2n) is 23.7. The minimum atomic E-state index is -5.10. The third-order valence-corrected chi connectivity index (χ3v) is 15.7. The Hall–Kier alpha value is -8.36. The number of amides is 5. The van der Waals surface area contributed by atoms with E-state index >= 15 is 0 Å². The normalized spacial score (nSPS) is 15.7. The summed E-state index contributed by atoms with van der Waals surface area (Å²) in [6.07, 6.45) is 8.33. The number of nitrogens with zero attached hydrogens (tertiary/aromatic N) is 7. The Morgan fingerprint density at radius 1 is 0.874 bits per heavy atom. The number of para-hydroxylation sites is 1. The molecular formula is C60H75F5N12O9S. The van der Waals surface area contributed by atoms with E-state index in [4.69, 9.17) is 20.3 Å². The van der Waals surface area contributed by atoms with E-state index in [1.807, 2.05) is 15.6 Å². The van der Waals surface area contributed by atoms with Gasteiger partial charge in [0.2, 0.25) is 23.6 Å². The van der Waals surface area contributed by atoms with Crippen molar-refractivity contribution in [1.29, 1.82) is 0 Å². The largest absolute Gasteiger partial charge is 0.484 e. The molecule has 1 aliphatic rings. The molecule has 6 aromatic rings. The molecule has 1 aliphatic heterocycles. The number of fused-ring (bicyclic) bond motifs is 1. The molecule has 1 saturated heterocycles. The maximum absolute atomic E-state index is 14.8. The molecule has 0 radical (unpaired) electrons. The Labute approximate surface area is 501 Å². The number of ether oxygens (including phenoxy) is 2. The summed E-state index contributed by atoms with van der Waals surface area (Å²) < 4.78 is 112. The number of aryl methyl sites for hydroxylation is 2. The number of aromatic nitrogens is 5. The number of nitrogens with one attached hydrogen (secondary N) is 4. The number of nitrogens with two attached hydrogens (primary N) is 1. The van der Waals surface area contributed by atoms with Gasteiger partial charge in [-0.15, -0.1) is 0 Å². The summed E-state index contributed by atoms with van der Waals surface area (Å²) in [6.45, 7) is 13.7. The predicted molar refractivity (Wildman–Crippen MR) is 318 cm³/mol. The SMILES string of the molecule is C[C@H](Oc1cc(-c2nn(C)c3c(-c4cnn(CCCCCCCCC(=O)NC5C[C@@H](C(=O)Nc6c(F)cccc6F)N(C(=O)[C@@H](NC(=O)[C@H](C)N(C)C(=O)OC(C)(C)C)C(C)(C)C)C5)c4)cnc(N)c23)ccc1NS(=O)(=O)C(F)F)c1ccc(F)cc1. The van der Waals surface area contributed by atoms with Crippen molar-refractivity contribution in [3.63, 3.8) is 0 Å². The molecule has 5 atom stereocenters. The molecule has 87 heavy (non-hydrogen) atoms. The molecule has 3 aromatic carbocycles. The average Bonchev–Trinajstić information content (AvgIpc) is 1.69. The number of halogens is 5. The number of anilines is 3. The van der Waals surface area contributed by atoms with E-state index in [0.717, 1.165) is 60.8 Å². The first-order valence-electron chi connectivity index (χ1n) is 28.4. The smallest absolute Gasteiger partial charge is 0.410 e. The molecular weight excluding hydrogens is 1160 g/mol. The van der Waals surface area contributed by atoms with E-state index in [9.17, 15) is 54.3 Å². The fourth-order valence-electron chi connectivity index (χ4n) is 9.98. The number of rotatable bonds is 24. The molecule has 0 aliphatic carbocycles. The summed E-state index contributed by atoms with van der Waals surface area (Å²) in [5.74, 6) is -8.82. The van der Waals surface area contributed by atoms with Crippen molar-refractivity contribution in [3.05, 3.63) is 102 Å². The third kappa shape index (κ3) is 16.6. The van der Waals surface area contributed by atoms with Crippen LogP contribution in [-0.2, 0) is 47.5 Å². The van der Waals surface area contributed by atoms with E-state index in [2.05, 4.69) is 26.0 Å². The highest BCUT2D eigenvalue weighted by atomic mass is 32.2. The maximum Gasteiger partial charge on any atom is 0.410 e. The maximum atomic E-state index is 14.8. The van der Waals surface area contributed by atoms with Crippen LogP contribution in [0.2, 0.25) is 0 Å². The van der Waals surface area contributed by atoms with Crippen LogP contribution in [0.5, 0.6) is 5.75 Å². The first-order chi connectivity index (χ1) is 40.8. The average molecular weight is 1240 g/mol. The quantitative estimate of drug-likeness (QED) is 0.0279. The van der Waals surface area contributed by atoms with Crippen LogP contribution in [0.1, 0.15) is 118 Å². The monoisotopic (exact) mass is 1230 g/mol.